The molecule has 0 amide bonds. The zero-order valence-corrected chi connectivity index (χ0v) is 13.2. The number of aromatic nitrogens is 2. The molecule has 2 heterocycles. The lowest BCUT2D eigenvalue weighted by atomic mass is 9.79. The minimum atomic E-state index is -0.178. The third-order valence-electron chi connectivity index (χ3n) is 4.83. The Hall–Kier alpha value is -1.07. The fraction of sp³-hybridized carbons (Fsp3) is 0.733. The van der Waals surface area contributed by atoms with E-state index in [0.717, 1.165) is 38.0 Å². The highest BCUT2D eigenvalue weighted by atomic mass is 35.5. The molecule has 3 atom stereocenters. The minimum Gasteiger partial charge on any atom is -0.368 e. The maximum atomic E-state index is 12.2. The number of nitrogens with two attached hydrogens (primary N) is 1. The van der Waals surface area contributed by atoms with Gasteiger partial charge < -0.3 is 10.6 Å². The van der Waals surface area contributed by atoms with Crippen LogP contribution in [0.1, 0.15) is 32.6 Å². The highest BCUT2D eigenvalue weighted by Gasteiger charge is 2.37. The van der Waals surface area contributed by atoms with Gasteiger partial charge in [0.15, 0.2) is 0 Å². The van der Waals surface area contributed by atoms with Crippen LogP contribution in [-0.2, 0) is 6.54 Å². The molecule has 21 heavy (non-hydrogen) atoms. The first kappa shape index (κ1) is 14.9. The number of hydrogen-bond acceptors (Lipinski definition) is 4. The fourth-order valence-corrected chi connectivity index (χ4v) is 3.98. The second kappa shape index (κ2) is 5.97. The molecule has 1 aromatic heterocycles. The van der Waals surface area contributed by atoms with Crippen LogP contribution in [0.5, 0.6) is 0 Å². The molecular formula is C15H23ClN4O. The highest BCUT2D eigenvalue weighted by molar-refractivity contribution is 6.33. The molecule has 6 heteroatoms. The predicted octanol–water partition coefficient (Wildman–Crippen LogP) is 1.87. The molecule has 0 aromatic carbocycles. The maximum absolute atomic E-state index is 12.2. The van der Waals surface area contributed by atoms with E-state index < -0.39 is 0 Å². The van der Waals surface area contributed by atoms with Crippen molar-refractivity contribution in [2.24, 2.45) is 17.6 Å². The van der Waals surface area contributed by atoms with Crippen LogP contribution < -0.4 is 16.2 Å². The van der Waals surface area contributed by atoms with Crippen molar-refractivity contribution in [3.8, 4) is 0 Å². The average molecular weight is 311 g/mol. The van der Waals surface area contributed by atoms with Crippen molar-refractivity contribution >= 4 is 17.3 Å². The van der Waals surface area contributed by atoms with E-state index in [1.807, 2.05) is 6.92 Å². The van der Waals surface area contributed by atoms with Crippen LogP contribution in [0.4, 0.5) is 5.69 Å². The van der Waals surface area contributed by atoms with Crippen LogP contribution in [0.15, 0.2) is 11.0 Å². The molecule has 116 valence electrons. The molecule has 1 unspecified atom stereocenters. The molecule has 1 aromatic rings. The van der Waals surface area contributed by atoms with Gasteiger partial charge in [-0.1, -0.05) is 18.5 Å². The van der Waals surface area contributed by atoms with Crippen molar-refractivity contribution in [1.29, 1.82) is 0 Å². The van der Waals surface area contributed by atoms with E-state index in [-0.39, 0.29) is 5.56 Å². The molecular weight excluding hydrogens is 288 g/mol. The van der Waals surface area contributed by atoms with Crippen molar-refractivity contribution in [3.63, 3.8) is 0 Å². The molecule has 5 nitrogen and oxygen atoms in total. The van der Waals surface area contributed by atoms with E-state index in [2.05, 4.69) is 10.00 Å². The summed E-state index contributed by atoms with van der Waals surface area (Å²) in [6.45, 7) is 4.54. The summed E-state index contributed by atoms with van der Waals surface area (Å²) in [7, 11) is 0. The zero-order chi connectivity index (χ0) is 15.0. The first-order valence-corrected chi connectivity index (χ1v) is 8.24. The average Bonchev–Trinajstić information content (AvgIpc) is 2.87. The van der Waals surface area contributed by atoms with E-state index >= 15 is 0 Å². The molecule has 2 fully saturated rings. The van der Waals surface area contributed by atoms with E-state index in [1.54, 1.807) is 6.20 Å². The lowest BCUT2D eigenvalue weighted by Crippen LogP contribution is -2.32. The van der Waals surface area contributed by atoms with Gasteiger partial charge in [-0.25, -0.2) is 4.68 Å². The summed E-state index contributed by atoms with van der Waals surface area (Å²) in [6, 6.07) is 0.331. The molecule has 0 bridgehead atoms. The van der Waals surface area contributed by atoms with Crippen LogP contribution in [0.3, 0.4) is 0 Å². The molecule has 0 spiro atoms. The minimum absolute atomic E-state index is 0.178. The van der Waals surface area contributed by atoms with Crippen LogP contribution in [-0.4, -0.2) is 28.9 Å². The molecule has 0 radical (unpaired) electrons. The van der Waals surface area contributed by atoms with Gasteiger partial charge in [0.2, 0.25) is 0 Å². The van der Waals surface area contributed by atoms with Crippen LogP contribution in [0.2, 0.25) is 5.02 Å². The molecule has 1 aliphatic heterocycles. The Labute approximate surface area is 130 Å². The number of fused-ring (bicyclic) bond motifs is 1. The molecule has 1 aliphatic carbocycles. The first-order valence-electron chi connectivity index (χ1n) is 7.86. The van der Waals surface area contributed by atoms with E-state index in [0.29, 0.717) is 29.4 Å². The van der Waals surface area contributed by atoms with E-state index in [9.17, 15) is 4.79 Å². The molecule has 1 saturated heterocycles. The number of anilines is 1. The third kappa shape index (κ3) is 2.81. The number of aryl methyl sites for hydroxylation is 1. The third-order valence-corrected chi connectivity index (χ3v) is 5.19. The van der Waals surface area contributed by atoms with E-state index in [4.69, 9.17) is 17.3 Å². The summed E-state index contributed by atoms with van der Waals surface area (Å²) in [5.74, 6) is 1.31. The van der Waals surface area contributed by atoms with Crippen molar-refractivity contribution in [2.75, 3.05) is 18.0 Å². The lowest BCUT2D eigenvalue weighted by Gasteiger charge is -2.27. The van der Waals surface area contributed by atoms with Gasteiger partial charge in [-0.05, 0) is 37.5 Å². The Morgan fingerprint density at radius 3 is 2.90 bits per heavy atom. The van der Waals surface area contributed by atoms with Crippen molar-refractivity contribution in [3.05, 3.63) is 21.6 Å². The van der Waals surface area contributed by atoms with Gasteiger partial charge in [-0.2, -0.15) is 5.10 Å². The standard InChI is InChI=1S/C15H23ClN4O/c1-2-5-20-15(21)14(16)13(7-18-20)19-8-10-3-4-12(17)6-11(10)9-19/h7,10-12H,2-6,8-9,17H2,1H3/t10-,11+,12?/m1/s1. The van der Waals surface area contributed by atoms with Gasteiger partial charge in [-0.15, -0.1) is 0 Å². The van der Waals surface area contributed by atoms with Crippen LogP contribution in [0, 0.1) is 11.8 Å². The van der Waals surface area contributed by atoms with Gasteiger partial charge in [0.1, 0.15) is 5.02 Å². The zero-order valence-electron chi connectivity index (χ0n) is 12.5. The second-order valence-corrected chi connectivity index (χ2v) is 6.75. The normalized spacial score (nSPS) is 28.7. The Kier molecular flexibility index (Phi) is 4.22. The number of rotatable bonds is 3. The van der Waals surface area contributed by atoms with Gasteiger partial charge in [0.05, 0.1) is 11.9 Å². The van der Waals surface area contributed by atoms with Gasteiger partial charge in [0, 0.05) is 25.7 Å². The molecule has 3 rings (SSSR count). The summed E-state index contributed by atoms with van der Waals surface area (Å²) in [6.07, 6.45) is 5.99. The fourth-order valence-electron chi connectivity index (χ4n) is 3.71. The Balaban J connectivity index is 1.82. The molecule has 2 N–H and O–H groups in total. The summed E-state index contributed by atoms with van der Waals surface area (Å²) < 4.78 is 1.45. The highest BCUT2D eigenvalue weighted by Crippen LogP contribution is 2.38. The molecule has 2 aliphatic rings. The lowest BCUT2D eigenvalue weighted by molar-refractivity contribution is 0.271. The first-order chi connectivity index (χ1) is 10.1. The maximum Gasteiger partial charge on any atom is 0.287 e. The summed E-state index contributed by atoms with van der Waals surface area (Å²) in [5.41, 5.74) is 6.68. The quantitative estimate of drug-likeness (QED) is 0.925. The van der Waals surface area contributed by atoms with Crippen LogP contribution in [0.25, 0.3) is 0 Å². The SMILES string of the molecule is CCCn1ncc(N2C[C@H]3CCC(N)C[C@H]3C2)c(Cl)c1=O. The van der Waals surface area contributed by atoms with Crippen molar-refractivity contribution < 1.29 is 0 Å². The molecule has 1 saturated carbocycles. The van der Waals surface area contributed by atoms with Crippen molar-refractivity contribution in [2.45, 2.75) is 45.2 Å². The second-order valence-electron chi connectivity index (χ2n) is 6.37. The Morgan fingerprint density at radius 1 is 1.38 bits per heavy atom. The van der Waals surface area contributed by atoms with Gasteiger partial charge in [0.25, 0.3) is 5.56 Å². The summed E-state index contributed by atoms with van der Waals surface area (Å²) in [4.78, 5) is 14.4. The smallest absolute Gasteiger partial charge is 0.287 e. The Bertz CT molecular complexity index is 573. The monoisotopic (exact) mass is 310 g/mol. The topological polar surface area (TPSA) is 64.2 Å². The van der Waals surface area contributed by atoms with Crippen LogP contribution >= 0.6 is 11.6 Å². The predicted molar refractivity (Wildman–Crippen MR) is 84.8 cm³/mol. The van der Waals surface area contributed by atoms with Gasteiger partial charge in [-0.3, -0.25) is 4.79 Å². The van der Waals surface area contributed by atoms with Gasteiger partial charge >= 0.3 is 0 Å². The van der Waals surface area contributed by atoms with E-state index in [1.165, 1.54) is 11.1 Å². The number of halogens is 1. The summed E-state index contributed by atoms with van der Waals surface area (Å²) >= 11 is 6.30. The number of hydrogen-bond donors (Lipinski definition) is 1. The number of nitrogens with zero attached hydrogens (tertiary/aromatic N) is 3. The Morgan fingerprint density at radius 2 is 2.14 bits per heavy atom. The summed E-state index contributed by atoms with van der Waals surface area (Å²) in [5, 5.41) is 4.57. The largest absolute Gasteiger partial charge is 0.368 e. The van der Waals surface area contributed by atoms with Crippen molar-refractivity contribution in [1.82, 2.24) is 9.78 Å².